The molecule has 3 rings (SSSR count). The molecule has 6 nitrogen and oxygen atoms in total. The Hall–Kier alpha value is -2.13. The fourth-order valence-electron chi connectivity index (χ4n) is 3.27. The summed E-state index contributed by atoms with van der Waals surface area (Å²) < 4.78 is 15.2. The third-order valence-corrected chi connectivity index (χ3v) is 7.72. The summed E-state index contributed by atoms with van der Waals surface area (Å²) in [6.45, 7) is 3.80. The first kappa shape index (κ1) is 22.6. The number of rotatable bonds is 8. The third kappa shape index (κ3) is 5.72. The maximum absolute atomic E-state index is 14.4. The van der Waals surface area contributed by atoms with Crippen molar-refractivity contribution >= 4 is 45.9 Å². The van der Waals surface area contributed by atoms with Gasteiger partial charge < -0.3 is 5.11 Å². The van der Waals surface area contributed by atoms with Crippen LogP contribution in [0.15, 0.2) is 34.7 Å². The number of carbonyl (C=O) groups excluding carboxylic acids is 1. The largest absolute Gasteiger partial charge is 0.481 e. The number of aliphatic carboxylic acids is 1. The van der Waals surface area contributed by atoms with Crippen molar-refractivity contribution < 1.29 is 19.1 Å². The minimum atomic E-state index is -0.861. The zero-order valence-corrected chi connectivity index (χ0v) is 18.7. The fraction of sp³-hybridized carbons (Fsp3) is 0.476. The van der Waals surface area contributed by atoms with Gasteiger partial charge in [0.25, 0.3) is 0 Å². The SMILES string of the molecule is CC(C)(CSc1cnc(NC(=O)N(CC2CCCC2)c2ccccc2F)s1)C(=O)O. The van der Waals surface area contributed by atoms with Gasteiger partial charge in [0, 0.05) is 12.3 Å². The summed E-state index contributed by atoms with van der Waals surface area (Å²) in [5.41, 5.74) is -0.600. The first-order valence-electron chi connectivity index (χ1n) is 9.91. The Morgan fingerprint density at radius 2 is 2.03 bits per heavy atom. The van der Waals surface area contributed by atoms with Gasteiger partial charge in [-0.3, -0.25) is 15.0 Å². The molecule has 0 saturated heterocycles. The van der Waals surface area contributed by atoms with E-state index in [4.69, 9.17) is 0 Å². The van der Waals surface area contributed by atoms with E-state index in [9.17, 15) is 19.1 Å². The van der Waals surface area contributed by atoms with Gasteiger partial charge in [-0.05, 0) is 44.7 Å². The van der Waals surface area contributed by atoms with Gasteiger partial charge in [-0.15, -0.1) is 11.8 Å². The van der Waals surface area contributed by atoms with Gasteiger partial charge in [0.1, 0.15) is 5.82 Å². The van der Waals surface area contributed by atoms with Crippen molar-refractivity contribution in [3.8, 4) is 0 Å². The molecule has 9 heteroatoms. The minimum absolute atomic E-state index is 0.260. The Morgan fingerprint density at radius 1 is 1.33 bits per heavy atom. The third-order valence-electron chi connectivity index (χ3n) is 5.16. The molecule has 2 aromatic rings. The summed E-state index contributed by atoms with van der Waals surface area (Å²) in [5.74, 6) is -0.547. The van der Waals surface area contributed by atoms with Crippen LogP contribution in [-0.4, -0.2) is 34.4 Å². The maximum atomic E-state index is 14.4. The van der Waals surface area contributed by atoms with E-state index in [0.717, 1.165) is 29.9 Å². The summed E-state index contributed by atoms with van der Waals surface area (Å²) in [6, 6.07) is 5.88. The second-order valence-electron chi connectivity index (χ2n) is 8.10. The van der Waals surface area contributed by atoms with E-state index < -0.39 is 23.2 Å². The zero-order valence-electron chi connectivity index (χ0n) is 17.1. The lowest BCUT2D eigenvalue weighted by Crippen LogP contribution is -2.38. The number of carboxylic acid groups (broad SMARTS) is 1. The molecule has 1 aliphatic rings. The molecule has 1 fully saturated rings. The number of aromatic nitrogens is 1. The predicted octanol–water partition coefficient (Wildman–Crippen LogP) is 5.71. The number of hydrogen-bond donors (Lipinski definition) is 2. The lowest BCUT2D eigenvalue weighted by molar-refractivity contribution is -0.145. The van der Waals surface area contributed by atoms with Crippen LogP contribution in [0, 0.1) is 17.2 Å². The van der Waals surface area contributed by atoms with Crippen molar-refractivity contribution in [2.24, 2.45) is 11.3 Å². The molecule has 0 aliphatic heterocycles. The van der Waals surface area contributed by atoms with Crippen LogP contribution < -0.4 is 10.2 Å². The van der Waals surface area contributed by atoms with Crippen molar-refractivity contribution in [1.82, 2.24) is 4.98 Å². The number of thiazole rings is 1. The second-order valence-corrected chi connectivity index (χ2v) is 10.4. The Kier molecular flexibility index (Phi) is 7.36. The molecular formula is C21H26FN3O3S2. The Labute approximate surface area is 183 Å². The molecule has 2 amide bonds. The number of para-hydroxylation sites is 1. The van der Waals surface area contributed by atoms with Crippen LogP contribution in [0.2, 0.25) is 0 Å². The van der Waals surface area contributed by atoms with Crippen LogP contribution in [0.1, 0.15) is 39.5 Å². The van der Waals surface area contributed by atoms with Gasteiger partial charge in [0.2, 0.25) is 0 Å². The van der Waals surface area contributed by atoms with Crippen molar-refractivity contribution in [1.29, 1.82) is 0 Å². The molecule has 0 atom stereocenters. The summed E-state index contributed by atoms with van der Waals surface area (Å²) >= 11 is 2.67. The van der Waals surface area contributed by atoms with Crippen LogP contribution in [0.25, 0.3) is 0 Å². The van der Waals surface area contributed by atoms with E-state index in [0.29, 0.717) is 23.3 Å². The number of urea groups is 1. The second kappa shape index (κ2) is 9.78. The topological polar surface area (TPSA) is 82.5 Å². The average Bonchev–Trinajstić information content (AvgIpc) is 3.37. The van der Waals surface area contributed by atoms with Gasteiger partial charge in [-0.25, -0.2) is 14.2 Å². The molecule has 0 radical (unpaired) electrons. The van der Waals surface area contributed by atoms with Crippen molar-refractivity contribution in [2.45, 2.75) is 43.7 Å². The van der Waals surface area contributed by atoms with Crippen molar-refractivity contribution in [3.63, 3.8) is 0 Å². The molecule has 0 unspecified atom stereocenters. The summed E-state index contributed by atoms with van der Waals surface area (Å²) in [5, 5.41) is 12.4. The number of halogens is 1. The van der Waals surface area contributed by atoms with Crippen LogP contribution >= 0.6 is 23.1 Å². The fourth-order valence-corrected chi connectivity index (χ4v) is 5.21. The van der Waals surface area contributed by atoms with Crippen molar-refractivity contribution in [3.05, 3.63) is 36.3 Å². The standard InChI is InChI=1S/C21H26FN3O3S2/c1-21(2,18(26)27)13-29-17-11-23-19(30-17)24-20(28)25(12-14-7-3-4-8-14)16-10-6-5-9-15(16)22/h5-6,9-11,14H,3-4,7-8,12-13H2,1-2H3,(H,26,27)(H,23,24,28). The van der Waals surface area contributed by atoms with Gasteiger partial charge in [0.15, 0.2) is 5.13 Å². The van der Waals surface area contributed by atoms with E-state index in [2.05, 4.69) is 10.3 Å². The molecule has 1 saturated carbocycles. The highest BCUT2D eigenvalue weighted by molar-refractivity contribution is 8.01. The quantitative estimate of drug-likeness (QED) is 0.502. The molecule has 30 heavy (non-hydrogen) atoms. The molecule has 1 aromatic heterocycles. The number of amides is 2. The summed E-state index contributed by atoms with van der Waals surface area (Å²) in [6.07, 6.45) is 5.97. The minimum Gasteiger partial charge on any atom is -0.481 e. The van der Waals surface area contributed by atoms with E-state index >= 15 is 0 Å². The molecule has 1 aliphatic carbocycles. The zero-order chi connectivity index (χ0) is 21.7. The lowest BCUT2D eigenvalue weighted by atomic mass is 9.97. The molecule has 2 N–H and O–H groups in total. The molecule has 0 spiro atoms. The summed E-state index contributed by atoms with van der Waals surface area (Å²) in [7, 11) is 0. The van der Waals surface area contributed by atoms with Crippen molar-refractivity contribution in [2.75, 3.05) is 22.5 Å². The molecule has 0 bridgehead atoms. The van der Waals surface area contributed by atoms with E-state index in [1.54, 1.807) is 38.2 Å². The van der Waals surface area contributed by atoms with Crippen LogP contribution in [0.5, 0.6) is 0 Å². The van der Waals surface area contributed by atoms with Crippen LogP contribution in [0.4, 0.5) is 20.0 Å². The highest BCUT2D eigenvalue weighted by atomic mass is 32.2. The smallest absolute Gasteiger partial charge is 0.328 e. The van der Waals surface area contributed by atoms with Gasteiger partial charge in [0.05, 0.1) is 21.5 Å². The number of anilines is 2. The average molecular weight is 452 g/mol. The highest BCUT2D eigenvalue weighted by Crippen LogP contribution is 2.34. The monoisotopic (exact) mass is 451 g/mol. The number of nitrogens with zero attached hydrogens (tertiary/aromatic N) is 2. The van der Waals surface area contributed by atoms with Gasteiger partial charge in [-0.2, -0.15) is 0 Å². The van der Waals surface area contributed by atoms with E-state index in [1.165, 1.54) is 34.1 Å². The Morgan fingerprint density at radius 3 is 2.70 bits per heavy atom. The van der Waals surface area contributed by atoms with Gasteiger partial charge in [-0.1, -0.05) is 36.3 Å². The van der Waals surface area contributed by atoms with Gasteiger partial charge >= 0.3 is 12.0 Å². The molecular weight excluding hydrogens is 425 g/mol. The van der Waals surface area contributed by atoms with Crippen LogP contribution in [-0.2, 0) is 4.79 Å². The number of hydrogen-bond acceptors (Lipinski definition) is 5. The number of carboxylic acids is 1. The Balaban J connectivity index is 1.69. The lowest BCUT2D eigenvalue weighted by Gasteiger charge is -2.26. The number of carbonyl (C=O) groups is 2. The Bertz CT molecular complexity index is 897. The predicted molar refractivity (Wildman–Crippen MR) is 119 cm³/mol. The normalized spacial score (nSPS) is 14.6. The molecule has 1 heterocycles. The molecule has 1 aromatic carbocycles. The van der Waals surface area contributed by atoms with Crippen LogP contribution in [0.3, 0.4) is 0 Å². The van der Waals surface area contributed by atoms with E-state index in [1.807, 2.05) is 0 Å². The first-order valence-corrected chi connectivity index (χ1v) is 11.7. The maximum Gasteiger partial charge on any atom is 0.328 e. The summed E-state index contributed by atoms with van der Waals surface area (Å²) in [4.78, 5) is 29.9. The molecule has 162 valence electrons. The first-order chi connectivity index (χ1) is 14.3. The number of nitrogens with one attached hydrogen (secondary N) is 1. The highest BCUT2D eigenvalue weighted by Gasteiger charge is 2.28. The van der Waals surface area contributed by atoms with E-state index in [-0.39, 0.29) is 5.69 Å². The number of benzene rings is 1. The number of thioether (sulfide) groups is 1.